The van der Waals surface area contributed by atoms with E-state index in [0.29, 0.717) is 12.5 Å². The monoisotopic (exact) mass is 199 g/mol. The lowest BCUT2D eigenvalue weighted by Gasteiger charge is -2.27. The van der Waals surface area contributed by atoms with Gasteiger partial charge in [0.2, 0.25) is 0 Å². The molecule has 1 aliphatic heterocycles. The first-order chi connectivity index (χ1) is 6.70. The van der Waals surface area contributed by atoms with E-state index in [2.05, 4.69) is 11.8 Å². The predicted octanol–water partition coefficient (Wildman–Crippen LogP) is 2.12. The van der Waals surface area contributed by atoms with Gasteiger partial charge in [0, 0.05) is 12.5 Å². The third-order valence-corrected chi connectivity index (χ3v) is 3.04. The summed E-state index contributed by atoms with van der Waals surface area (Å²) in [5, 5.41) is 8.60. The van der Waals surface area contributed by atoms with Crippen molar-refractivity contribution >= 4 is 5.97 Å². The van der Waals surface area contributed by atoms with Crippen LogP contribution in [0.4, 0.5) is 0 Å². The molecular weight excluding hydrogens is 178 g/mol. The van der Waals surface area contributed by atoms with Gasteiger partial charge in [0.1, 0.15) is 0 Å². The Balaban J connectivity index is 2.26. The lowest BCUT2D eigenvalue weighted by molar-refractivity contribution is -0.137. The number of carboxylic acids is 1. The van der Waals surface area contributed by atoms with Crippen molar-refractivity contribution in [3.8, 4) is 0 Å². The first kappa shape index (κ1) is 11.5. The van der Waals surface area contributed by atoms with Crippen molar-refractivity contribution < 1.29 is 9.90 Å². The molecule has 3 nitrogen and oxygen atoms in total. The molecule has 0 saturated carbocycles. The van der Waals surface area contributed by atoms with Crippen LogP contribution in [0.1, 0.15) is 45.4 Å². The van der Waals surface area contributed by atoms with Gasteiger partial charge < -0.3 is 10.0 Å². The van der Waals surface area contributed by atoms with E-state index in [1.54, 1.807) is 0 Å². The molecule has 0 amide bonds. The van der Waals surface area contributed by atoms with E-state index < -0.39 is 5.97 Å². The van der Waals surface area contributed by atoms with Crippen LogP contribution in [0.3, 0.4) is 0 Å². The standard InChI is InChI=1S/C11H21NO2/c1-10(6-7-11(13)14)12-8-4-2-3-5-9-12/h10H,2-9H2,1H3,(H,13,14). The molecule has 1 N–H and O–H groups in total. The van der Waals surface area contributed by atoms with E-state index in [9.17, 15) is 4.79 Å². The highest BCUT2D eigenvalue weighted by Gasteiger charge is 2.16. The van der Waals surface area contributed by atoms with E-state index in [4.69, 9.17) is 5.11 Å². The van der Waals surface area contributed by atoms with Crippen molar-refractivity contribution in [2.75, 3.05) is 13.1 Å². The summed E-state index contributed by atoms with van der Waals surface area (Å²) in [7, 11) is 0. The smallest absolute Gasteiger partial charge is 0.303 e. The van der Waals surface area contributed by atoms with Gasteiger partial charge in [-0.2, -0.15) is 0 Å². The molecule has 0 aromatic heterocycles. The summed E-state index contributed by atoms with van der Waals surface area (Å²) in [6.45, 7) is 4.45. The minimum atomic E-state index is -0.674. The van der Waals surface area contributed by atoms with E-state index >= 15 is 0 Å². The van der Waals surface area contributed by atoms with Crippen LogP contribution in [0, 0.1) is 0 Å². The molecule has 1 rings (SSSR count). The fourth-order valence-corrected chi connectivity index (χ4v) is 2.05. The van der Waals surface area contributed by atoms with Crippen molar-refractivity contribution in [2.45, 2.75) is 51.5 Å². The molecule has 1 saturated heterocycles. The Bertz CT molecular complexity index is 174. The number of carbonyl (C=O) groups is 1. The van der Waals surface area contributed by atoms with Gasteiger partial charge in [0.05, 0.1) is 0 Å². The van der Waals surface area contributed by atoms with Crippen LogP contribution in [0.15, 0.2) is 0 Å². The van der Waals surface area contributed by atoms with Gasteiger partial charge in [-0.15, -0.1) is 0 Å². The number of rotatable bonds is 4. The number of likely N-dealkylation sites (tertiary alicyclic amines) is 1. The SMILES string of the molecule is CC(CCC(=O)O)N1CCCCCC1. The Hall–Kier alpha value is -0.570. The normalized spacial score (nSPS) is 21.5. The fraction of sp³-hybridized carbons (Fsp3) is 0.909. The maximum atomic E-state index is 10.4. The predicted molar refractivity (Wildman–Crippen MR) is 56.4 cm³/mol. The summed E-state index contributed by atoms with van der Waals surface area (Å²) in [6.07, 6.45) is 6.31. The highest BCUT2D eigenvalue weighted by Crippen LogP contribution is 2.14. The minimum absolute atomic E-state index is 0.303. The molecule has 82 valence electrons. The van der Waals surface area contributed by atoms with Gasteiger partial charge in [0.15, 0.2) is 0 Å². The molecule has 14 heavy (non-hydrogen) atoms. The molecule has 0 spiro atoms. The van der Waals surface area contributed by atoms with Crippen LogP contribution in [-0.2, 0) is 4.79 Å². The number of nitrogens with zero attached hydrogens (tertiary/aromatic N) is 1. The molecule has 1 heterocycles. The molecule has 1 aliphatic rings. The third-order valence-electron chi connectivity index (χ3n) is 3.04. The summed E-state index contributed by atoms with van der Waals surface area (Å²) < 4.78 is 0. The summed E-state index contributed by atoms with van der Waals surface area (Å²) in [6, 6.07) is 0.434. The molecule has 0 bridgehead atoms. The van der Waals surface area contributed by atoms with Gasteiger partial charge in [-0.3, -0.25) is 4.79 Å². The first-order valence-electron chi connectivity index (χ1n) is 5.66. The number of hydrogen-bond acceptors (Lipinski definition) is 2. The Morgan fingerprint density at radius 3 is 2.36 bits per heavy atom. The van der Waals surface area contributed by atoms with Gasteiger partial charge in [-0.1, -0.05) is 12.8 Å². The van der Waals surface area contributed by atoms with E-state index in [-0.39, 0.29) is 0 Å². The topological polar surface area (TPSA) is 40.5 Å². The summed E-state index contributed by atoms with van der Waals surface area (Å²) in [5.41, 5.74) is 0. The molecular formula is C11H21NO2. The Labute approximate surface area is 86.1 Å². The molecule has 0 radical (unpaired) electrons. The zero-order chi connectivity index (χ0) is 10.4. The second-order valence-corrected chi connectivity index (χ2v) is 4.23. The summed E-state index contributed by atoms with van der Waals surface area (Å²) >= 11 is 0. The lowest BCUT2D eigenvalue weighted by atomic mass is 10.1. The fourth-order valence-electron chi connectivity index (χ4n) is 2.05. The Kier molecular flexibility index (Phi) is 4.94. The van der Waals surface area contributed by atoms with Crippen LogP contribution < -0.4 is 0 Å². The van der Waals surface area contributed by atoms with E-state index in [1.165, 1.54) is 25.7 Å². The Morgan fingerprint density at radius 2 is 1.86 bits per heavy atom. The van der Waals surface area contributed by atoms with Crippen LogP contribution in [0.25, 0.3) is 0 Å². The van der Waals surface area contributed by atoms with Crippen LogP contribution in [0.2, 0.25) is 0 Å². The van der Waals surface area contributed by atoms with Crippen molar-refractivity contribution in [3.63, 3.8) is 0 Å². The first-order valence-corrected chi connectivity index (χ1v) is 5.66. The van der Waals surface area contributed by atoms with Crippen molar-refractivity contribution in [1.82, 2.24) is 4.90 Å². The number of hydrogen-bond donors (Lipinski definition) is 1. The summed E-state index contributed by atoms with van der Waals surface area (Å²) in [4.78, 5) is 12.9. The number of carboxylic acid groups (broad SMARTS) is 1. The average molecular weight is 199 g/mol. The van der Waals surface area contributed by atoms with Crippen LogP contribution >= 0.6 is 0 Å². The zero-order valence-electron chi connectivity index (χ0n) is 9.04. The highest BCUT2D eigenvalue weighted by atomic mass is 16.4. The molecule has 0 aliphatic carbocycles. The molecule has 1 unspecified atom stereocenters. The van der Waals surface area contributed by atoms with Crippen molar-refractivity contribution in [1.29, 1.82) is 0 Å². The molecule has 1 atom stereocenters. The van der Waals surface area contributed by atoms with Gasteiger partial charge in [-0.05, 0) is 39.3 Å². The van der Waals surface area contributed by atoms with Crippen LogP contribution in [0.5, 0.6) is 0 Å². The number of aliphatic carboxylic acids is 1. The maximum absolute atomic E-state index is 10.4. The second kappa shape index (κ2) is 6.02. The van der Waals surface area contributed by atoms with Crippen molar-refractivity contribution in [2.24, 2.45) is 0 Å². The quantitative estimate of drug-likeness (QED) is 0.754. The summed E-state index contributed by atoms with van der Waals surface area (Å²) in [5.74, 6) is -0.674. The van der Waals surface area contributed by atoms with Gasteiger partial charge >= 0.3 is 5.97 Å². The maximum Gasteiger partial charge on any atom is 0.303 e. The highest BCUT2D eigenvalue weighted by molar-refractivity contribution is 5.66. The molecule has 0 aromatic rings. The van der Waals surface area contributed by atoms with Crippen molar-refractivity contribution in [3.05, 3.63) is 0 Å². The molecule has 0 aromatic carbocycles. The van der Waals surface area contributed by atoms with Gasteiger partial charge in [-0.25, -0.2) is 0 Å². The molecule has 3 heteroatoms. The Morgan fingerprint density at radius 1 is 1.29 bits per heavy atom. The van der Waals surface area contributed by atoms with Gasteiger partial charge in [0.25, 0.3) is 0 Å². The van der Waals surface area contributed by atoms with E-state index in [1.807, 2.05) is 0 Å². The largest absolute Gasteiger partial charge is 0.481 e. The lowest BCUT2D eigenvalue weighted by Crippen LogP contribution is -2.34. The zero-order valence-corrected chi connectivity index (χ0v) is 9.04. The third kappa shape index (κ3) is 4.09. The second-order valence-electron chi connectivity index (χ2n) is 4.23. The molecule has 1 fully saturated rings. The average Bonchev–Trinajstić information content (AvgIpc) is 2.42. The van der Waals surface area contributed by atoms with Crippen LogP contribution in [-0.4, -0.2) is 35.1 Å². The van der Waals surface area contributed by atoms with E-state index in [0.717, 1.165) is 19.5 Å². The minimum Gasteiger partial charge on any atom is -0.481 e.